The molecule has 0 spiro atoms. The molecule has 0 bridgehead atoms. The van der Waals surface area contributed by atoms with E-state index in [1.807, 2.05) is 42.9 Å². The lowest BCUT2D eigenvalue weighted by molar-refractivity contribution is 1.07. The van der Waals surface area contributed by atoms with E-state index in [1.165, 1.54) is 5.56 Å². The van der Waals surface area contributed by atoms with Gasteiger partial charge >= 0.3 is 0 Å². The van der Waals surface area contributed by atoms with E-state index in [2.05, 4.69) is 57.4 Å². The van der Waals surface area contributed by atoms with E-state index < -0.39 is 0 Å². The summed E-state index contributed by atoms with van der Waals surface area (Å²) < 4.78 is 0. The summed E-state index contributed by atoms with van der Waals surface area (Å²) in [5.74, 6) is 0. The lowest BCUT2D eigenvalue weighted by Gasteiger charge is -2.12. The molecule has 0 saturated carbocycles. The van der Waals surface area contributed by atoms with Crippen molar-refractivity contribution < 1.29 is 0 Å². The van der Waals surface area contributed by atoms with E-state index in [1.54, 1.807) is 6.20 Å². The number of aromatic nitrogens is 3. The third-order valence-corrected chi connectivity index (χ3v) is 4.14. The maximum absolute atomic E-state index is 4.66. The topological polar surface area (TPSA) is 38.7 Å². The van der Waals surface area contributed by atoms with Gasteiger partial charge in [0.05, 0.1) is 11.4 Å². The zero-order valence-corrected chi connectivity index (χ0v) is 15.8. The summed E-state index contributed by atoms with van der Waals surface area (Å²) in [6.07, 6.45) is 8.10. The molecule has 3 nitrogen and oxygen atoms in total. The Bertz CT molecular complexity index is 973. The van der Waals surface area contributed by atoms with Crippen molar-refractivity contribution in [1.29, 1.82) is 0 Å². The first-order valence-electron chi connectivity index (χ1n) is 8.25. The van der Waals surface area contributed by atoms with E-state index in [9.17, 15) is 0 Å². The van der Waals surface area contributed by atoms with Gasteiger partial charge in [-0.2, -0.15) is 0 Å². The van der Waals surface area contributed by atoms with E-state index in [4.69, 9.17) is 0 Å². The normalized spacial score (nSPS) is 10.2. The number of hydrogen-bond donors (Lipinski definition) is 0. The van der Waals surface area contributed by atoms with Crippen molar-refractivity contribution in [3.05, 3.63) is 103 Å². The van der Waals surface area contributed by atoms with Crippen molar-refractivity contribution in [3.63, 3.8) is 0 Å². The largest absolute Gasteiger partial charge is 0.264 e. The highest BCUT2D eigenvalue weighted by atomic mass is 79.9. The van der Waals surface area contributed by atoms with Crippen molar-refractivity contribution in [3.8, 4) is 22.4 Å². The minimum atomic E-state index is 0. The van der Waals surface area contributed by atoms with Crippen LogP contribution in [0.5, 0.6) is 0 Å². The standard InChI is InChI=1S/C22H17N3.BrH/c1-2-7-17(8-3-1)15-21-20(11-6-13-24-21)22-19(10-5-14-25-22)18-9-4-12-23-16-18;/h1-14,16H,15H2;1H. The van der Waals surface area contributed by atoms with Gasteiger partial charge in [-0.25, -0.2) is 0 Å². The summed E-state index contributed by atoms with van der Waals surface area (Å²) in [4.78, 5) is 13.5. The molecule has 26 heavy (non-hydrogen) atoms. The van der Waals surface area contributed by atoms with Crippen molar-refractivity contribution in [2.75, 3.05) is 0 Å². The van der Waals surface area contributed by atoms with Gasteiger partial charge in [-0.05, 0) is 29.8 Å². The molecule has 0 aliphatic heterocycles. The van der Waals surface area contributed by atoms with Crippen molar-refractivity contribution >= 4 is 17.0 Å². The summed E-state index contributed by atoms with van der Waals surface area (Å²) >= 11 is 0. The molecule has 0 saturated heterocycles. The summed E-state index contributed by atoms with van der Waals surface area (Å²) in [5, 5.41) is 0. The average molecular weight is 404 g/mol. The Morgan fingerprint density at radius 2 is 1.38 bits per heavy atom. The van der Waals surface area contributed by atoms with E-state index in [0.29, 0.717) is 0 Å². The first kappa shape index (κ1) is 18.0. The van der Waals surface area contributed by atoms with Crippen LogP contribution in [0.2, 0.25) is 0 Å². The SMILES string of the molecule is Br.c1ccc(Cc2ncccc2-c2ncccc2-c2cccnc2)cc1. The average Bonchev–Trinajstić information content (AvgIpc) is 2.70. The highest BCUT2D eigenvalue weighted by Gasteiger charge is 2.13. The van der Waals surface area contributed by atoms with Crippen LogP contribution in [0.15, 0.2) is 91.5 Å². The third kappa shape index (κ3) is 3.86. The summed E-state index contributed by atoms with van der Waals surface area (Å²) in [6, 6.07) is 22.5. The molecule has 4 heteroatoms. The first-order chi connectivity index (χ1) is 12.4. The Kier molecular flexibility index (Phi) is 5.87. The molecular weight excluding hydrogens is 386 g/mol. The Labute approximate surface area is 163 Å². The van der Waals surface area contributed by atoms with Crippen LogP contribution in [0.1, 0.15) is 11.3 Å². The maximum atomic E-state index is 4.66. The Hall–Kier alpha value is -2.85. The second-order valence-corrected chi connectivity index (χ2v) is 5.80. The second-order valence-electron chi connectivity index (χ2n) is 5.80. The smallest absolute Gasteiger partial charge is 0.0799 e. The number of hydrogen-bond acceptors (Lipinski definition) is 3. The molecule has 0 aliphatic carbocycles. The highest BCUT2D eigenvalue weighted by molar-refractivity contribution is 8.93. The fraction of sp³-hybridized carbons (Fsp3) is 0.0455. The van der Waals surface area contributed by atoms with E-state index in [0.717, 1.165) is 34.5 Å². The van der Waals surface area contributed by atoms with Crippen LogP contribution in [0.25, 0.3) is 22.4 Å². The molecule has 0 radical (unpaired) electrons. The van der Waals surface area contributed by atoms with E-state index >= 15 is 0 Å². The first-order valence-corrected chi connectivity index (χ1v) is 8.25. The summed E-state index contributed by atoms with van der Waals surface area (Å²) in [6.45, 7) is 0. The third-order valence-electron chi connectivity index (χ3n) is 4.14. The molecule has 3 heterocycles. The zero-order chi connectivity index (χ0) is 16.9. The number of pyridine rings is 3. The molecule has 0 atom stereocenters. The molecule has 0 fully saturated rings. The van der Waals surface area contributed by atoms with Gasteiger partial charge in [0.1, 0.15) is 0 Å². The summed E-state index contributed by atoms with van der Waals surface area (Å²) in [5.41, 5.74) is 6.39. The highest BCUT2D eigenvalue weighted by Crippen LogP contribution is 2.31. The van der Waals surface area contributed by atoms with Gasteiger partial charge in [0.25, 0.3) is 0 Å². The fourth-order valence-corrected chi connectivity index (χ4v) is 2.96. The molecule has 0 aliphatic rings. The van der Waals surface area contributed by atoms with Crippen LogP contribution < -0.4 is 0 Å². The zero-order valence-electron chi connectivity index (χ0n) is 14.1. The van der Waals surface area contributed by atoms with Crippen LogP contribution in [0, 0.1) is 0 Å². The van der Waals surface area contributed by atoms with Crippen LogP contribution in [-0.2, 0) is 6.42 Å². The molecule has 3 aromatic heterocycles. The molecule has 1 aromatic carbocycles. The van der Waals surface area contributed by atoms with Gasteiger partial charge in [-0.15, -0.1) is 17.0 Å². The Morgan fingerprint density at radius 3 is 2.15 bits per heavy atom. The van der Waals surface area contributed by atoms with Gasteiger partial charge in [-0.3, -0.25) is 15.0 Å². The lowest BCUT2D eigenvalue weighted by Crippen LogP contribution is -1.98. The molecule has 0 unspecified atom stereocenters. The van der Waals surface area contributed by atoms with Crippen LogP contribution in [0.3, 0.4) is 0 Å². The summed E-state index contributed by atoms with van der Waals surface area (Å²) in [7, 11) is 0. The van der Waals surface area contributed by atoms with Gasteiger partial charge in [0.2, 0.25) is 0 Å². The van der Waals surface area contributed by atoms with Crippen molar-refractivity contribution in [1.82, 2.24) is 15.0 Å². The minimum Gasteiger partial charge on any atom is -0.264 e. The molecule has 0 amide bonds. The number of benzene rings is 1. The lowest BCUT2D eigenvalue weighted by atomic mass is 9.97. The van der Waals surface area contributed by atoms with Gasteiger partial charge < -0.3 is 0 Å². The van der Waals surface area contributed by atoms with E-state index in [-0.39, 0.29) is 17.0 Å². The van der Waals surface area contributed by atoms with Crippen molar-refractivity contribution in [2.24, 2.45) is 0 Å². The quantitative estimate of drug-likeness (QED) is 0.459. The molecule has 4 rings (SSSR count). The van der Waals surface area contributed by atoms with Gasteiger partial charge in [0, 0.05) is 47.9 Å². The molecule has 128 valence electrons. The Morgan fingerprint density at radius 1 is 0.654 bits per heavy atom. The second kappa shape index (κ2) is 8.50. The predicted octanol–water partition coefficient (Wildman–Crippen LogP) is 5.37. The van der Waals surface area contributed by atoms with Crippen LogP contribution >= 0.6 is 17.0 Å². The maximum Gasteiger partial charge on any atom is 0.0799 e. The Balaban J connectivity index is 0.00000196. The fourth-order valence-electron chi connectivity index (χ4n) is 2.96. The van der Waals surface area contributed by atoms with Crippen LogP contribution in [0.4, 0.5) is 0 Å². The minimum absolute atomic E-state index is 0. The molecule has 0 N–H and O–H groups in total. The number of nitrogens with zero attached hydrogens (tertiary/aromatic N) is 3. The molecular formula is C22H18BrN3. The predicted molar refractivity (Wildman–Crippen MR) is 110 cm³/mol. The molecule has 4 aromatic rings. The monoisotopic (exact) mass is 403 g/mol. The van der Waals surface area contributed by atoms with Gasteiger partial charge in [-0.1, -0.05) is 42.5 Å². The van der Waals surface area contributed by atoms with Crippen LogP contribution in [-0.4, -0.2) is 15.0 Å². The number of rotatable bonds is 4. The van der Waals surface area contributed by atoms with Crippen molar-refractivity contribution in [2.45, 2.75) is 6.42 Å². The van der Waals surface area contributed by atoms with Gasteiger partial charge in [0.15, 0.2) is 0 Å². The number of halogens is 1.